The second-order valence-electron chi connectivity index (χ2n) is 6.51. The highest BCUT2D eigenvalue weighted by atomic mass is 35.5. The van der Waals surface area contributed by atoms with E-state index in [0.29, 0.717) is 21.8 Å². The summed E-state index contributed by atoms with van der Waals surface area (Å²) in [6.07, 6.45) is 2.04. The molecule has 2 rings (SSSR count). The van der Waals surface area contributed by atoms with Crippen LogP contribution in [0.2, 0.25) is 5.02 Å². The number of amides is 2. The molecule has 0 spiro atoms. The smallest absolute Gasteiger partial charge is 0.254 e. The van der Waals surface area contributed by atoms with Crippen LogP contribution in [0.5, 0.6) is 0 Å². The van der Waals surface area contributed by atoms with E-state index in [9.17, 15) is 9.59 Å². The molecule has 1 N–H and O–H groups in total. The van der Waals surface area contributed by atoms with Gasteiger partial charge in [0.25, 0.3) is 5.91 Å². The number of carbonyl (C=O) groups excluding carboxylic acids is 2. The summed E-state index contributed by atoms with van der Waals surface area (Å²) in [4.78, 5) is 30.0. The number of benzene rings is 1. The second-order valence-corrected chi connectivity index (χ2v) is 7.86. The van der Waals surface area contributed by atoms with E-state index in [-0.39, 0.29) is 30.2 Å². The van der Waals surface area contributed by atoms with Gasteiger partial charge in [-0.3, -0.25) is 19.5 Å². The van der Waals surface area contributed by atoms with Gasteiger partial charge in [-0.05, 0) is 37.8 Å². The number of thioether (sulfide) groups is 1. The highest BCUT2D eigenvalue weighted by molar-refractivity contribution is 8.14. The van der Waals surface area contributed by atoms with Crippen LogP contribution >= 0.6 is 23.4 Å². The summed E-state index contributed by atoms with van der Waals surface area (Å²) >= 11 is 7.45. The Morgan fingerprint density at radius 2 is 2.04 bits per heavy atom. The van der Waals surface area contributed by atoms with Crippen molar-refractivity contribution in [2.45, 2.75) is 39.7 Å². The van der Waals surface area contributed by atoms with Gasteiger partial charge >= 0.3 is 0 Å². The fraction of sp³-hybridized carbons (Fsp3) is 0.500. The lowest BCUT2D eigenvalue weighted by molar-refractivity contribution is -0.119. The first-order valence-electron chi connectivity index (χ1n) is 8.42. The van der Waals surface area contributed by atoms with Crippen molar-refractivity contribution in [1.29, 1.82) is 0 Å². The number of carbonyl (C=O) groups is 2. The zero-order valence-corrected chi connectivity index (χ0v) is 16.4. The molecule has 0 bridgehead atoms. The van der Waals surface area contributed by atoms with Crippen molar-refractivity contribution in [1.82, 2.24) is 5.32 Å². The molecule has 25 heavy (non-hydrogen) atoms. The molecule has 1 atom stereocenters. The number of aliphatic imine (C=N–C) groups is 1. The molecule has 0 unspecified atom stereocenters. The molecule has 0 fully saturated rings. The lowest BCUT2D eigenvalue weighted by atomic mass is 10.0. The Balaban J connectivity index is 1.90. The van der Waals surface area contributed by atoms with Crippen LogP contribution in [0.3, 0.4) is 0 Å². The fourth-order valence-electron chi connectivity index (χ4n) is 2.47. The van der Waals surface area contributed by atoms with Crippen LogP contribution < -0.4 is 10.2 Å². The van der Waals surface area contributed by atoms with E-state index < -0.39 is 0 Å². The van der Waals surface area contributed by atoms with Gasteiger partial charge < -0.3 is 5.32 Å². The SMILES string of the molecule is CC(C)CC[C@@H](C)NC(=O)CSC1=NCC(=O)N1c1ccccc1Cl. The van der Waals surface area contributed by atoms with E-state index in [2.05, 4.69) is 24.2 Å². The number of para-hydroxylation sites is 1. The number of anilines is 1. The highest BCUT2D eigenvalue weighted by Crippen LogP contribution is 2.30. The van der Waals surface area contributed by atoms with Crippen LogP contribution in [0.15, 0.2) is 29.3 Å². The van der Waals surface area contributed by atoms with Crippen LogP contribution in [-0.4, -0.2) is 35.3 Å². The van der Waals surface area contributed by atoms with Gasteiger partial charge in [-0.2, -0.15) is 0 Å². The molecular weight excluding hydrogens is 358 g/mol. The van der Waals surface area contributed by atoms with Gasteiger partial charge in [-0.25, -0.2) is 0 Å². The van der Waals surface area contributed by atoms with E-state index >= 15 is 0 Å². The van der Waals surface area contributed by atoms with Crippen molar-refractivity contribution in [3.05, 3.63) is 29.3 Å². The lowest BCUT2D eigenvalue weighted by Crippen LogP contribution is -2.36. The molecule has 0 radical (unpaired) electrons. The summed E-state index contributed by atoms with van der Waals surface area (Å²) in [6.45, 7) is 6.43. The number of hydrogen-bond acceptors (Lipinski definition) is 4. The topological polar surface area (TPSA) is 61.8 Å². The Kier molecular flexibility index (Phi) is 7.32. The molecule has 0 aromatic heterocycles. The third kappa shape index (κ3) is 5.75. The first kappa shape index (κ1) is 19.8. The minimum atomic E-state index is -0.138. The minimum absolute atomic E-state index is 0.0533. The van der Waals surface area contributed by atoms with Gasteiger partial charge in [0.1, 0.15) is 6.54 Å². The molecule has 0 aliphatic carbocycles. The minimum Gasteiger partial charge on any atom is -0.353 e. The van der Waals surface area contributed by atoms with Crippen LogP contribution in [0.1, 0.15) is 33.6 Å². The van der Waals surface area contributed by atoms with Crippen LogP contribution in [0.4, 0.5) is 5.69 Å². The van der Waals surface area contributed by atoms with Gasteiger partial charge in [-0.1, -0.05) is 49.3 Å². The second kappa shape index (κ2) is 9.25. The first-order valence-corrected chi connectivity index (χ1v) is 9.79. The molecule has 2 amide bonds. The van der Waals surface area contributed by atoms with E-state index in [4.69, 9.17) is 11.6 Å². The summed E-state index contributed by atoms with van der Waals surface area (Å²) in [5.41, 5.74) is 0.601. The molecular formula is C18H24ClN3O2S. The summed E-state index contributed by atoms with van der Waals surface area (Å²) in [5.74, 6) is 0.652. The van der Waals surface area contributed by atoms with Crippen molar-refractivity contribution >= 4 is 46.0 Å². The quantitative estimate of drug-likeness (QED) is 0.783. The maximum Gasteiger partial charge on any atom is 0.254 e. The summed E-state index contributed by atoms with van der Waals surface area (Å²) < 4.78 is 0. The Bertz CT molecular complexity index is 663. The van der Waals surface area contributed by atoms with Gasteiger partial charge in [0, 0.05) is 6.04 Å². The molecule has 0 saturated heterocycles. The average Bonchev–Trinajstić information content (AvgIpc) is 2.92. The predicted molar refractivity (Wildman–Crippen MR) is 105 cm³/mol. The molecule has 1 aliphatic heterocycles. The van der Waals surface area contributed by atoms with Crippen LogP contribution in [-0.2, 0) is 9.59 Å². The predicted octanol–water partition coefficient (Wildman–Crippen LogP) is 3.72. The summed E-state index contributed by atoms with van der Waals surface area (Å²) in [5, 5.41) is 3.99. The Labute approximate surface area is 158 Å². The van der Waals surface area contributed by atoms with Crippen molar-refractivity contribution in [2.75, 3.05) is 17.2 Å². The maximum absolute atomic E-state index is 12.1. The van der Waals surface area contributed by atoms with E-state index in [0.717, 1.165) is 12.8 Å². The van der Waals surface area contributed by atoms with Gasteiger partial charge in [0.05, 0.1) is 16.5 Å². The molecule has 1 aliphatic rings. The molecule has 1 aromatic rings. The van der Waals surface area contributed by atoms with Gasteiger partial charge in [0.15, 0.2) is 5.17 Å². The third-order valence-corrected chi connectivity index (χ3v) is 5.10. The van der Waals surface area contributed by atoms with Crippen molar-refractivity contribution < 1.29 is 9.59 Å². The lowest BCUT2D eigenvalue weighted by Gasteiger charge is -2.19. The number of amidine groups is 1. The number of nitrogens with zero attached hydrogens (tertiary/aromatic N) is 2. The van der Waals surface area contributed by atoms with Crippen molar-refractivity contribution in [3.63, 3.8) is 0 Å². The zero-order valence-electron chi connectivity index (χ0n) is 14.8. The molecule has 136 valence electrons. The Hall–Kier alpha value is -1.53. The number of rotatable bonds is 7. The van der Waals surface area contributed by atoms with E-state index in [1.54, 1.807) is 12.1 Å². The molecule has 5 nitrogen and oxygen atoms in total. The molecule has 1 heterocycles. The van der Waals surface area contributed by atoms with E-state index in [1.807, 2.05) is 19.1 Å². The van der Waals surface area contributed by atoms with Crippen LogP contribution in [0, 0.1) is 5.92 Å². The number of halogens is 1. The highest BCUT2D eigenvalue weighted by Gasteiger charge is 2.29. The van der Waals surface area contributed by atoms with Crippen LogP contribution in [0.25, 0.3) is 0 Å². The number of hydrogen-bond donors (Lipinski definition) is 1. The normalized spacial score (nSPS) is 15.5. The van der Waals surface area contributed by atoms with Crippen molar-refractivity contribution in [2.24, 2.45) is 10.9 Å². The monoisotopic (exact) mass is 381 g/mol. The molecule has 1 aromatic carbocycles. The van der Waals surface area contributed by atoms with Gasteiger partial charge in [0.2, 0.25) is 5.91 Å². The maximum atomic E-state index is 12.1. The number of nitrogens with one attached hydrogen (secondary N) is 1. The molecule has 0 saturated carbocycles. The Morgan fingerprint density at radius 3 is 2.72 bits per heavy atom. The zero-order chi connectivity index (χ0) is 18.4. The first-order chi connectivity index (χ1) is 11.9. The summed E-state index contributed by atoms with van der Waals surface area (Å²) in [6, 6.07) is 7.27. The third-order valence-electron chi connectivity index (χ3n) is 3.80. The molecule has 7 heteroatoms. The van der Waals surface area contributed by atoms with Crippen molar-refractivity contribution in [3.8, 4) is 0 Å². The van der Waals surface area contributed by atoms with Gasteiger partial charge in [-0.15, -0.1) is 0 Å². The fourth-order valence-corrected chi connectivity index (χ4v) is 3.51. The Morgan fingerprint density at radius 1 is 1.32 bits per heavy atom. The average molecular weight is 382 g/mol. The van der Waals surface area contributed by atoms with E-state index in [1.165, 1.54) is 16.7 Å². The largest absolute Gasteiger partial charge is 0.353 e. The standard InChI is InChI=1S/C18H24ClN3O2S/c1-12(2)8-9-13(3)21-16(23)11-25-18-20-10-17(24)22(18)15-7-5-4-6-14(15)19/h4-7,12-13H,8-11H2,1-3H3,(H,21,23)/t13-/m1/s1. The summed E-state index contributed by atoms with van der Waals surface area (Å²) in [7, 11) is 0.